The lowest BCUT2D eigenvalue weighted by molar-refractivity contribution is 0.177. The van der Waals surface area contributed by atoms with Crippen molar-refractivity contribution in [1.82, 2.24) is 4.90 Å². The highest BCUT2D eigenvalue weighted by Gasteiger charge is 2.29. The molecule has 0 bridgehead atoms. The highest BCUT2D eigenvalue weighted by molar-refractivity contribution is 7.80. The molecule has 4 rings (SSSR count). The van der Waals surface area contributed by atoms with Crippen molar-refractivity contribution in [2.75, 3.05) is 23.3 Å². The maximum atomic E-state index is 6.09. The lowest BCUT2D eigenvalue weighted by Crippen LogP contribution is -2.46. The van der Waals surface area contributed by atoms with Gasteiger partial charge in [-0.3, -0.25) is 0 Å². The average Bonchev–Trinajstić information content (AvgIpc) is 2.81. The summed E-state index contributed by atoms with van der Waals surface area (Å²) in [5.74, 6) is 0.661. The number of nitrogens with one attached hydrogen (secondary N) is 1. The van der Waals surface area contributed by atoms with Crippen molar-refractivity contribution in [2.45, 2.75) is 85.2 Å². The molecule has 1 saturated carbocycles. The van der Waals surface area contributed by atoms with Crippen molar-refractivity contribution < 1.29 is 0 Å². The zero-order valence-electron chi connectivity index (χ0n) is 21.0. The van der Waals surface area contributed by atoms with Gasteiger partial charge >= 0.3 is 0 Å². The van der Waals surface area contributed by atoms with E-state index in [0.29, 0.717) is 12.0 Å². The van der Waals surface area contributed by atoms with Gasteiger partial charge in [-0.05, 0) is 92.4 Å². The van der Waals surface area contributed by atoms with Crippen LogP contribution in [0.25, 0.3) is 0 Å². The lowest BCUT2D eigenvalue weighted by atomic mass is 9.84. The summed E-state index contributed by atoms with van der Waals surface area (Å²) in [4.78, 5) is 5.07. The van der Waals surface area contributed by atoms with Crippen LogP contribution in [0.1, 0.15) is 74.6 Å². The Labute approximate surface area is 206 Å². The topological polar surface area (TPSA) is 18.5 Å². The van der Waals surface area contributed by atoms with Crippen molar-refractivity contribution in [3.8, 4) is 0 Å². The van der Waals surface area contributed by atoms with E-state index in [9.17, 15) is 0 Å². The molecule has 2 aromatic carbocycles. The molecular formula is C29H41N3S. The van der Waals surface area contributed by atoms with E-state index in [1.54, 1.807) is 0 Å². The fourth-order valence-corrected chi connectivity index (χ4v) is 6.12. The molecule has 0 unspecified atom stereocenters. The maximum absolute atomic E-state index is 6.09. The molecule has 0 radical (unpaired) electrons. The average molecular weight is 464 g/mol. The number of thiocarbonyl (C=S) groups is 1. The molecule has 1 N–H and O–H groups in total. The van der Waals surface area contributed by atoms with Gasteiger partial charge in [0.1, 0.15) is 0 Å². The normalized spacial score (nSPS) is 20.3. The smallest absolute Gasteiger partial charge is 0.174 e. The van der Waals surface area contributed by atoms with Gasteiger partial charge in [0.2, 0.25) is 0 Å². The molecule has 1 aliphatic heterocycles. The molecule has 1 fully saturated rings. The fraction of sp³-hybridized carbons (Fsp3) is 0.552. The van der Waals surface area contributed by atoms with Gasteiger partial charge in [0, 0.05) is 37.1 Å². The minimum Gasteiger partial charge on any atom is -0.371 e. The van der Waals surface area contributed by atoms with Gasteiger partial charge < -0.3 is 15.1 Å². The Bertz CT molecular complexity index is 949. The quantitative estimate of drug-likeness (QED) is 0.455. The molecule has 4 heteroatoms. The van der Waals surface area contributed by atoms with E-state index in [-0.39, 0.29) is 0 Å². The van der Waals surface area contributed by atoms with Crippen LogP contribution in [0, 0.1) is 19.8 Å². The first kappa shape index (κ1) is 24.1. The van der Waals surface area contributed by atoms with Crippen LogP contribution in [-0.2, 0) is 13.0 Å². The largest absolute Gasteiger partial charge is 0.371 e. The van der Waals surface area contributed by atoms with Crippen molar-refractivity contribution in [1.29, 1.82) is 0 Å². The standard InChI is InChI=1S/C29H41N3S/c1-5-17-31-18-9-13-25-19-24(15-16-27(25)31)20-32(26-14-7-6-10-21(26)2)29(33)30-28-22(3)11-8-12-23(28)4/h8,11-12,15-16,19,21,26H,5-7,9-10,13-14,17-18,20H2,1-4H3,(H,30,33)/t21-,26+/m1/s1. The summed E-state index contributed by atoms with van der Waals surface area (Å²) < 4.78 is 0. The fourth-order valence-electron chi connectivity index (χ4n) is 5.82. The summed E-state index contributed by atoms with van der Waals surface area (Å²) in [5, 5.41) is 4.52. The van der Waals surface area contributed by atoms with Gasteiger partial charge in [-0.15, -0.1) is 0 Å². The monoisotopic (exact) mass is 463 g/mol. The Morgan fingerprint density at radius 1 is 1.09 bits per heavy atom. The number of aryl methyl sites for hydroxylation is 3. The van der Waals surface area contributed by atoms with Gasteiger partial charge in [0.25, 0.3) is 0 Å². The molecule has 2 atom stereocenters. The molecule has 1 heterocycles. The first-order chi connectivity index (χ1) is 16.0. The van der Waals surface area contributed by atoms with Gasteiger partial charge in [-0.1, -0.05) is 57.0 Å². The Morgan fingerprint density at radius 3 is 2.58 bits per heavy atom. The van der Waals surface area contributed by atoms with E-state index in [4.69, 9.17) is 12.2 Å². The molecule has 0 amide bonds. The minimum absolute atomic E-state index is 0.496. The summed E-state index contributed by atoms with van der Waals surface area (Å²) in [6, 6.07) is 14.1. The predicted molar refractivity (Wildman–Crippen MR) is 146 cm³/mol. The zero-order chi connectivity index (χ0) is 23.4. The third-order valence-corrected chi connectivity index (χ3v) is 7.98. The van der Waals surface area contributed by atoms with E-state index < -0.39 is 0 Å². The minimum atomic E-state index is 0.496. The highest BCUT2D eigenvalue weighted by atomic mass is 32.1. The number of fused-ring (bicyclic) bond motifs is 1. The number of para-hydroxylation sites is 1. The molecule has 2 aliphatic rings. The van der Waals surface area contributed by atoms with Gasteiger partial charge in [0.05, 0.1) is 0 Å². The Morgan fingerprint density at radius 2 is 1.85 bits per heavy atom. The molecule has 0 aromatic heterocycles. The van der Waals surface area contributed by atoms with Crippen LogP contribution in [0.2, 0.25) is 0 Å². The van der Waals surface area contributed by atoms with Crippen LogP contribution < -0.4 is 10.2 Å². The second-order valence-corrected chi connectivity index (χ2v) is 10.6. The molecular weight excluding hydrogens is 422 g/mol. The number of nitrogens with zero attached hydrogens (tertiary/aromatic N) is 2. The van der Waals surface area contributed by atoms with Crippen molar-refractivity contribution >= 4 is 28.7 Å². The number of benzene rings is 2. The molecule has 3 nitrogen and oxygen atoms in total. The van der Waals surface area contributed by atoms with E-state index in [2.05, 4.69) is 79.2 Å². The van der Waals surface area contributed by atoms with Gasteiger partial charge in [-0.2, -0.15) is 0 Å². The number of rotatable bonds is 6. The summed E-state index contributed by atoms with van der Waals surface area (Å²) in [6.07, 6.45) is 8.81. The van der Waals surface area contributed by atoms with Crippen LogP contribution in [-0.4, -0.2) is 29.1 Å². The van der Waals surface area contributed by atoms with Crippen molar-refractivity contribution in [2.24, 2.45) is 5.92 Å². The Kier molecular flexibility index (Phi) is 7.95. The Balaban J connectivity index is 1.60. The van der Waals surface area contributed by atoms with Crippen molar-refractivity contribution in [3.05, 3.63) is 58.7 Å². The number of hydrogen-bond donors (Lipinski definition) is 1. The summed E-state index contributed by atoms with van der Waals surface area (Å²) >= 11 is 6.09. The summed E-state index contributed by atoms with van der Waals surface area (Å²) in [6.45, 7) is 12.2. The SMILES string of the molecule is CCCN1CCCc2cc(CN(C(=S)Nc3c(C)cccc3C)[C@H]3CCCC[C@H]3C)ccc21. The number of anilines is 2. The molecule has 2 aromatic rings. The summed E-state index contributed by atoms with van der Waals surface area (Å²) in [7, 11) is 0. The molecule has 1 aliphatic carbocycles. The highest BCUT2D eigenvalue weighted by Crippen LogP contribution is 2.32. The van der Waals surface area contributed by atoms with E-state index in [1.165, 1.54) is 79.4 Å². The van der Waals surface area contributed by atoms with E-state index in [1.807, 2.05) is 0 Å². The van der Waals surface area contributed by atoms with Crippen LogP contribution in [0.3, 0.4) is 0 Å². The van der Waals surface area contributed by atoms with Gasteiger partial charge in [-0.25, -0.2) is 0 Å². The zero-order valence-corrected chi connectivity index (χ0v) is 21.8. The first-order valence-corrected chi connectivity index (χ1v) is 13.4. The first-order valence-electron chi connectivity index (χ1n) is 13.0. The lowest BCUT2D eigenvalue weighted by Gasteiger charge is -2.41. The summed E-state index contributed by atoms with van der Waals surface area (Å²) in [5.41, 5.74) is 8.00. The number of hydrogen-bond acceptors (Lipinski definition) is 2. The molecule has 0 saturated heterocycles. The van der Waals surface area contributed by atoms with Crippen molar-refractivity contribution in [3.63, 3.8) is 0 Å². The molecule has 0 spiro atoms. The van der Waals surface area contributed by atoms with E-state index >= 15 is 0 Å². The van der Waals surface area contributed by atoms with Crippen LogP contribution in [0.4, 0.5) is 11.4 Å². The molecule has 178 valence electrons. The third kappa shape index (κ3) is 5.54. The predicted octanol–water partition coefficient (Wildman–Crippen LogP) is 7.24. The second-order valence-electron chi connectivity index (χ2n) is 10.2. The second kappa shape index (κ2) is 10.9. The Hall–Kier alpha value is -2.07. The van der Waals surface area contributed by atoms with Crippen LogP contribution >= 0.6 is 12.2 Å². The molecule has 33 heavy (non-hydrogen) atoms. The van der Waals surface area contributed by atoms with Crippen LogP contribution in [0.15, 0.2) is 36.4 Å². The van der Waals surface area contributed by atoms with E-state index in [0.717, 1.165) is 23.9 Å². The third-order valence-electron chi connectivity index (χ3n) is 7.65. The van der Waals surface area contributed by atoms with Gasteiger partial charge in [0.15, 0.2) is 5.11 Å². The maximum Gasteiger partial charge on any atom is 0.174 e. The van der Waals surface area contributed by atoms with Crippen LogP contribution in [0.5, 0.6) is 0 Å².